The molecule has 0 fully saturated rings. The molecule has 180 valence electrons. The fourth-order valence-electron chi connectivity index (χ4n) is 3.71. The van der Waals surface area contributed by atoms with Crippen molar-refractivity contribution in [3.63, 3.8) is 0 Å². The van der Waals surface area contributed by atoms with E-state index in [1.54, 1.807) is 0 Å². The number of carbonyl (C=O) groups is 5. The quantitative estimate of drug-likeness (QED) is 0.417. The number of hydrogen-bond acceptors (Lipinski definition) is 8. The van der Waals surface area contributed by atoms with Gasteiger partial charge in [-0.3, -0.25) is 24.0 Å². The zero-order chi connectivity index (χ0) is 24.9. The van der Waals surface area contributed by atoms with Crippen LogP contribution < -0.4 is 15.4 Å². The Morgan fingerprint density at radius 2 is 1.32 bits per heavy atom. The number of aliphatic hydroxyl groups excluding tert-OH is 1. The first-order valence-electron chi connectivity index (χ1n) is 9.44. The third-order valence-corrected chi connectivity index (χ3v) is 5.33. The fraction of sp³-hybridized carbons (Fsp3) is 0.286. The fourth-order valence-corrected chi connectivity index (χ4v) is 3.71. The van der Waals surface area contributed by atoms with Gasteiger partial charge in [0.05, 0.1) is 14.1 Å². The first kappa shape index (κ1) is 25.9. The van der Waals surface area contributed by atoms with Crippen LogP contribution in [0.15, 0.2) is 23.3 Å². The van der Waals surface area contributed by atoms with Gasteiger partial charge in [-0.25, -0.2) is 0 Å². The lowest BCUT2D eigenvalue weighted by atomic mass is 9.93. The first-order chi connectivity index (χ1) is 15.3. The molecule has 0 spiro atoms. The predicted molar refractivity (Wildman–Crippen MR) is 115 cm³/mol. The van der Waals surface area contributed by atoms with Gasteiger partial charge < -0.3 is 21.3 Å². The van der Waals surface area contributed by atoms with E-state index in [4.69, 9.17) is 10.8 Å². The minimum atomic E-state index is -1.03. The molecular weight excluding hydrogens is 450 g/mol. The number of rotatable bonds is 2. The zero-order valence-electron chi connectivity index (χ0n) is 18.0. The van der Waals surface area contributed by atoms with Crippen molar-refractivity contribution in [2.24, 2.45) is 19.8 Å². The standard InChI is InChI=1S/C10H9N3O4.C10H10N2O4.CH4/c1-4-3-5(14)7-6(9(4)15)8(10(11)16)13(17)12(7)2;1-5-3-7(14)9-8(10(5)15)6(4-13)12(16)11(9)2;/h3H,1-2H3,(H2,11,16);3,13H,4H2,1-2H3;1H4. The zero-order valence-corrected chi connectivity index (χ0v) is 18.0. The van der Waals surface area contributed by atoms with E-state index in [0.717, 1.165) is 15.4 Å². The summed E-state index contributed by atoms with van der Waals surface area (Å²) in [6.07, 6.45) is 2.33. The topological polar surface area (TPSA) is 195 Å². The molecule has 13 heteroatoms. The van der Waals surface area contributed by atoms with E-state index < -0.39 is 29.8 Å². The van der Waals surface area contributed by atoms with E-state index in [0.29, 0.717) is 4.85 Å². The minimum absolute atomic E-state index is 0. The summed E-state index contributed by atoms with van der Waals surface area (Å²) in [7, 11) is 2.67. The van der Waals surface area contributed by atoms with Gasteiger partial charge in [0.2, 0.25) is 11.6 Å². The maximum absolute atomic E-state index is 11.9. The Hall–Kier alpha value is -4.39. The normalized spacial score (nSPS) is 14.4. The smallest absolute Gasteiger partial charge is 0.320 e. The van der Waals surface area contributed by atoms with E-state index in [9.17, 15) is 34.4 Å². The van der Waals surface area contributed by atoms with Crippen LogP contribution in [0.1, 0.15) is 79.1 Å². The Labute approximate surface area is 193 Å². The van der Waals surface area contributed by atoms with Crippen LogP contribution in [0.3, 0.4) is 0 Å². The van der Waals surface area contributed by atoms with Crippen LogP contribution in [0.5, 0.6) is 0 Å². The molecular formula is C21H23N5O8. The molecule has 0 radical (unpaired) electrons. The number of allylic oxidation sites excluding steroid dienone is 4. The summed E-state index contributed by atoms with van der Waals surface area (Å²) in [5, 5.41) is 32.3. The molecule has 0 atom stereocenters. The van der Waals surface area contributed by atoms with Crippen molar-refractivity contribution in [2.75, 3.05) is 0 Å². The average Bonchev–Trinajstić information content (AvgIpc) is 3.16. The molecule has 2 heterocycles. The van der Waals surface area contributed by atoms with Gasteiger partial charge in [-0.15, -0.1) is 9.36 Å². The van der Waals surface area contributed by atoms with Gasteiger partial charge in [0.15, 0.2) is 23.0 Å². The Morgan fingerprint density at radius 3 is 1.76 bits per heavy atom. The highest BCUT2D eigenvalue weighted by atomic mass is 16.5. The number of nitrogens with two attached hydrogens (primary N) is 1. The molecule has 1 amide bonds. The number of carbonyl (C=O) groups excluding carboxylic acids is 5. The lowest BCUT2D eigenvalue weighted by Crippen LogP contribution is -2.43. The number of Topliss-reactive ketones (excluding diaryl/α,β-unsaturated/α-hetero) is 2. The Bertz CT molecular complexity index is 1360. The van der Waals surface area contributed by atoms with Crippen LogP contribution in [0.25, 0.3) is 0 Å². The summed E-state index contributed by atoms with van der Waals surface area (Å²) >= 11 is 0. The number of nitrogens with zero attached hydrogens (tertiary/aromatic N) is 4. The Balaban J connectivity index is 0.000000234. The van der Waals surface area contributed by atoms with E-state index in [1.807, 2.05) is 0 Å². The van der Waals surface area contributed by atoms with Crippen molar-refractivity contribution < 1.29 is 38.8 Å². The number of hydrogen-bond donors (Lipinski definition) is 2. The van der Waals surface area contributed by atoms with Crippen molar-refractivity contribution in [3.8, 4) is 0 Å². The molecule has 0 aromatic carbocycles. The first-order valence-corrected chi connectivity index (χ1v) is 9.44. The maximum Gasteiger partial charge on any atom is 0.320 e. The molecule has 13 nitrogen and oxygen atoms in total. The molecule has 0 unspecified atom stereocenters. The van der Waals surface area contributed by atoms with E-state index >= 15 is 0 Å². The van der Waals surface area contributed by atoms with Crippen LogP contribution in [0.4, 0.5) is 0 Å². The van der Waals surface area contributed by atoms with Crippen LogP contribution in [0, 0.1) is 10.4 Å². The summed E-state index contributed by atoms with van der Waals surface area (Å²) in [6.45, 7) is 2.38. The number of fused-ring (bicyclic) bond motifs is 2. The molecule has 2 aromatic rings. The largest absolute Gasteiger partial charge is 0.596 e. The highest BCUT2D eigenvalue weighted by molar-refractivity contribution is 6.26. The van der Waals surface area contributed by atoms with Crippen LogP contribution in [-0.4, -0.2) is 43.5 Å². The Kier molecular flexibility index (Phi) is 6.74. The number of primary amides is 1. The van der Waals surface area contributed by atoms with Crippen molar-refractivity contribution in [1.29, 1.82) is 0 Å². The monoisotopic (exact) mass is 473 g/mol. The van der Waals surface area contributed by atoms with Gasteiger partial charge in [0, 0.05) is 11.1 Å². The summed E-state index contributed by atoms with van der Waals surface area (Å²) in [6, 6.07) is 0. The van der Waals surface area contributed by atoms with Crippen LogP contribution in [-0.2, 0) is 20.7 Å². The summed E-state index contributed by atoms with van der Waals surface area (Å²) in [4.78, 5) is 58.7. The average molecular weight is 473 g/mol. The number of aromatic nitrogens is 4. The molecule has 3 N–H and O–H groups in total. The molecule has 2 aliphatic carbocycles. The molecule has 0 aliphatic heterocycles. The van der Waals surface area contributed by atoms with Gasteiger partial charge in [-0.2, -0.15) is 0 Å². The van der Waals surface area contributed by atoms with Gasteiger partial charge in [-0.1, -0.05) is 17.1 Å². The summed E-state index contributed by atoms with van der Waals surface area (Å²) in [5.41, 5.74) is 4.67. The van der Waals surface area contributed by atoms with Crippen molar-refractivity contribution >= 4 is 29.0 Å². The minimum Gasteiger partial charge on any atom is -0.596 e. The van der Waals surface area contributed by atoms with Gasteiger partial charge >= 0.3 is 11.6 Å². The van der Waals surface area contributed by atoms with Gasteiger partial charge in [0.25, 0.3) is 5.69 Å². The second-order valence-corrected chi connectivity index (χ2v) is 7.40. The second kappa shape index (κ2) is 8.86. The molecule has 4 rings (SSSR count). The molecule has 0 saturated carbocycles. The maximum atomic E-state index is 11.9. The van der Waals surface area contributed by atoms with Gasteiger partial charge in [0.1, 0.15) is 17.7 Å². The summed E-state index contributed by atoms with van der Waals surface area (Å²) < 4.78 is 1.93. The van der Waals surface area contributed by atoms with Crippen LogP contribution >= 0.6 is 0 Å². The lowest BCUT2D eigenvalue weighted by molar-refractivity contribution is -0.700. The van der Waals surface area contributed by atoms with Crippen molar-refractivity contribution in [1.82, 2.24) is 9.36 Å². The molecule has 2 aliphatic rings. The Morgan fingerprint density at radius 1 is 0.912 bits per heavy atom. The number of aliphatic hydroxyl groups is 1. The summed E-state index contributed by atoms with van der Waals surface area (Å²) in [5.74, 6) is -2.83. The van der Waals surface area contributed by atoms with E-state index in [1.165, 1.54) is 34.0 Å². The highest BCUT2D eigenvalue weighted by Crippen LogP contribution is 2.24. The molecule has 0 saturated heterocycles. The third-order valence-electron chi connectivity index (χ3n) is 5.33. The third kappa shape index (κ3) is 3.61. The molecule has 2 aromatic heterocycles. The SMILES string of the molecule is C.CC1=CC(=O)c2c(c(C(N)=O)[n+]([O-])n2C)C1=O.CC1=CC(=O)c2c(c(CO)[n+]([O-])n2C)C1=O. The van der Waals surface area contributed by atoms with Crippen LogP contribution in [0.2, 0.25) is 0 Å². The second-order valence-electron chi connectivity index (χ2n) is 7.40. The molecule has 0 bridgehead atoms. The van der Waals surface area contributed by atoms with Crippen molar-refractivity contribution in [3.05, 3.63) is 67.6 Å². The van der Waals surface area contributed by atoms with E-state index in [-0.39, 0.29) is 63.2 Å². The predicted octanol–water partition coefficient (Wildman–Crippen LogP) is -0.805. The number of amides is 1. The lowest BCUT2D eigenvalue weighted by Gasteiger charge is -2.06. The highest BCUT2D eigenvalue weighted by Gasteiger charge is 2.40. The number of ketones is 4. The van der Waals surface area contributed by atoms with Crippen molar-refractivity contribution in [2.45, 2.75) is 27.9 Å². The molecule has 34 heavy (non-hydrogen) atoms. The van der Waals surface area contributed by atoms with Gasteiger partial charge in [-0.05, 0) is 26.0 Å². The van der Waals surface area contributed by atoms with E-state index in [2.05, 4.69) is 0 Å².